The molecule has 0 aliphatic rings. The maximum atomic E-state index is 6.00. The van der Waals surface area contributed by atoms with Gasteiger partial charge in [0.1, 0.15) is 0 Å². The van der Waals surface area contributed by atoms with E-state index in [0.717, 1.165) is 22.3 Å². The number of hydrogen-bond acceptors (Lipinski definition) is 2. The molecule has 2 aromatic rings. The highest BCUT2D eigenvalue weighted by Gasteiger charge is 2.06. The standard InChI is InChI=1S/C16H17BrClNS/c1-2-13(19)9-11-3-8-16(15(17)10-11)20-14-6-4-12(18)5-7-14/h3-8,10,13H,2,9,19H2,1H3. The second-order valence-corrected chi connectivity index (χ2v) is 7.10. The number of rotatable bonds is 5. The lowest BCUT2D eigenvalue weighted by Crippen LogP contribution is -2.21. The van der Waals surface area contributed by atoms with Crippen molar-refractivity contribution in [1.29, 1.82) is 0 Å². The number of nitrogens with two attached hydrogens (primary N) is 1. The Hall–Kier alpha value is -0.480. The van der Waals surface area contributed by atoms with Gasteiger partial charge in [-0.1, -0.05) is 36.4 Å². The number of benzene rings is 2. The third-order valence-corrected chi connectivity index (χ3v) is 5.31. The quantitative estimate of drug-likeness (QED) is 0.748. The maximum absolute atomic E-state index is 6.00. The van der Waals surface area contributed by atoms with Crippen molar-refractivity contribution in [2.24, 2.45) is 5.73 Å². The van der Waals surface area contributed by atoms with Gasteiger partial charge in [0.25, 0.3) is 0 Å². The first kappa shape index (κ1) is 15.9. The molecule has 0 fully saturated rings. The highest BCUT2D eigenvalue weighted by Crippen LogP contribution is 2.34. The summed E-state index contributed by atoms with van der Waals surface area (Å²) in [5, 5.41) is 0.761. The van der Waals surface area contributed by atoms with Crippen molar-refractivity contribution in [3.8, 4) is 0 Å². The molecule has 0 bridgehead atoms. The zero-order valence-corrected chi connectivity index (χ0v) is 14.4. The number of hydrogen-bond donors (Lipinski definition) is 1. The zero-order chi connectivity index (χ0) is 14.5. The minimum Gasteiger partial charge on any atom is -0.327 e. The van der Waals surface area contributed by atoms with Gasteiger partial charge in [0.15, 0.2) is 0 Å². The first-order chi connectivity index (χ1) is 9.58. The van der Waals surface area contributed by atoms with Crippen LogP contribution in [-0.2, 0) is 6.42 Å². The van der Waals surface area contributed by atoms with E-state index in [1.54, 1.807) is 11.8 Å². The van der Waals surface area contributed by atoms with Crippen molar-refractivity contribution >= 4 is 39.3 Å². The monoisotopic (exact) mass is 369 g/mol. The minimum absolute atomic E-state index is 0.233. The van der Waals surface area contributed by atoms with Gasteiger partial charge < -0.3 is 5.73 Å². The van der Waals surface area contributed by atoms with Crippen LogP contribution in [0.5, 0.6) is 0 Å². The summed E-state index contributed by atoms with van der Waals surface area (Å²) in [5.41, 5.74) is 7.27. The Balaban J connectivity index is 2.11. The lowest BCUT2D eigenvalue weighted by atomic mass is 10.1. The molecule has 0 aliphatic heterocycles. The Morgan fingerprint density at radius 3 is 2.50 bits per heavy atom. The smallest absolute Gasteiger partial charge is 0.0406 e. The van der Waals surface area contributed by atoms with E-state index >= 15 is 0 Å². The SMILES string of the molecule is CCC(N)Cc1ccc(Sc2ccc(Cl)cc2)c(Br)c1. The van der Waals surface area contributed by atoms with Crippen LogP contribution in [0.3, 0.4) is 0 Å². The highest BCUT2D eigenvalue weighted by molar-refractivity contribution is 9.10. The summed E-state index contributed by atoms with van der Waals surface area (Å²) in [6, 6.07) is 14.6. The Morgan fingerprint density at radius 1 is 1.20 bits per heavy atom. The topological polar surface area (TPSA) is 26.0 Å². The Labute approximate surface area is 138 Å². The van der Waals surface area contributed by atoms with E-state index in [9.17, 15) is 0 Å². The molecule has 0 saturated heterocycles. The van der Waals surface area contributed by atoms with Gasteiger partial charge in [-0.3, -0.25) is 0 Å². The van der Waals surface area contributed by atoms with Crippen molar-refractivity contribution in [2.45, 2.75) is 35.6 Å². The molecule has 106 valence electrons. The van der Waals surface area contributed by atoms with Crippen molar-refractivity contribution in [1.82, 2.24) is 0 Å². The molecule has 0 saturated carbocycles. The lowest BCUT2D eigenvalue weighted by molar-refractivity contribution is 0.646. The normalized spacial score (nSPS) is 12.4. The first-order valence-corrected chi connectivity index (χ1v) is 8.54. The molecule has 1 nitrogen and oxygen atoms in total. The molecule has 2 N–H and O–H groups in total. The molecule has 20 heavy (non-hydrogen) atoms. The van der Waals surface area contributed by atoms with Crippen LogP contribution in [0.15, 0.2) is 56.7 Å². The van der Waals surface area contributed by atoms with Crippen molar-refractivity contribution in [3.05, 3.63) is 57.5 Å². The molecular formula is C16H17BrClNS. The Bertz CT molecular complexity index is 571. The Kier molecular flexibility index (Phi) is 5.97. The maximum Gasteiger partial charge on any atom is 0.0406 e. The van der Waals surface area contributed by atoms with Gasteiger partial charge in [0.05, 0.1) is 0 Å². The van der Waals surface area contributed by atoms with E-state index < -0.39 is 0 Å². The van der Waals surface area contributed by atoms with Gasteiger partial charge in [0, 0.05) is 25.3 Å². The van der Waals surface area contributed by atoms with E-state index in [0.29, 0.717) is 0 Å². The van der Waals surface area contributed by atoms with Crippen LogP contribution in [0.2, 0.25) is 5.02 Å². The summed E-state index contributed by atoms with van der Waals surface area (Å²) in [6.45, 7) is 2.12. The molecule has 1 atom stereocenters. The van der Waals surface area contributed by atoms with Crippen LogP contribution in [-0.4, -0.2) is 6.04 Å². The van der Waals surface area contributed by atoms with Gasteiger partial charge in [0.2, 0.25) is 0 Å². The van der Waals surface area contributed by atoms with Crippen molar-refractivity contribution in [2.75, 3.05) is 0 Å². The average molecular weight is 371 g/mol. The molecular weight excluding hydrogens is 354 g/mol. The molecule has 4 heteroatoms. The largest absolute Gasteiger partial charge is 0.327 e. The minimum atomic E-state index is 0.233. The van der Waals surface area contributed by atoms with Gasteiger partial charge in [-0.05, 0) is 70.7 Å². The van der Waals surface area contributed by atoms with Gasteiger partial charge in [-0.25, -0.2) is 0 Å². The van der Waals surface area contributed by atoms with Crippen LogP contribution in [0.4, 0.5) is 0 Å². The first-order valence-electron chi connectivity index (χ1n) is 6.56. The van der Waals surface area contributed by atoms with E-state index in [4.69, 9.17) is 17.3 Å². The van der Waals surface area contributed by atoms with E-state index in [1.165, 1.54) is 15.4 Å². The number of halogens is 2. The second-order valence-electron chi connectivity index (χ2n) is 4.69. The van der Waals surface area contributed by atoms with Crippen molar-refractivity contribution < 1.29 is 0 Å². The summed E-state index contributed by atoms with van der Waals surface area (Å²) < 4.78 is 1.11. The predicted molar refractivity (Wildman–Crippen MR) is 91.7 cm³/mol. The third kappa shape index (κ3) is 4.52. The molecule has 0 spiro atoms. The van der Waals surface area contributed by atoms with Crippen LogP contribution in [0, 0.1) is 0 Å². The van der Waals surface area contributed by atoms with Crippen LogP contribution in [0.1, 0.15) is 18.9 Å². The molecule has 0 radical (unpaired) electrons. The third-order valence-electron chi connectivity index (χ3n) is 3.06. The summed E-state index contributed by atoms with van der Waals surface area (Å²) in [5.74, 6) is 0. The molecule has 0 heterocycles. The second kappa shape index (κ2) is 7.51. The summed E-state index contributed by atoms with van der Waals surface area (Å²) in [4.78, 5) is 2.37. The fourth-order valence-corrected chi connectivity index (χ4v) is 3.44. The predicted octanol–water partition coefficient (Wildman–Crippen LogP) is 5.53. The highest BCUT2D eigenvalue weighted by atomic mass is 79.9. The molecule has 0 aliphatic carbocycles. The molecule has 1 unspecified atom stereocenters. The van der Waals surface area contributed by atoms with Crippen LogP contribution >= 0.6 is 39.3 Å². The van der Waals surface area contributed by atoms with Gasteiger partial charge in [-0.2, -0.15) is 0 Å². The zero-order valence-electron chi connectivity index (χ0n) is 11.3. The molecule has 2 aromatic carbocycles. The van der Waals surface area contributed by atoms with E-state index in [-0.39, 0.29) is 6.04 Å². The van der Waals surface area contributed by atoms with E-state index in [1.807, 2.05) is 24.3 Å². The van der Waals surface area contributed by atoms with Crippen LogP contribution < -0.4 is 5.73 Å². The van der Waals surface area contributed by atoms with Gasteiger partial charge >= 0.3 is 0 Å². The Morgan fingerprint density at radius 2 is 1.90 bits per heavy atom. The fraction of sp³-hybridized carbons (Fsp3) is 0.250. The van der Waals surface area contributed by atoms with Crippen LogP contribution in [0.25, 0.3) is 0 Å². The summed E-state index contributed by atoms with van der Waals surface area (Å²) >= 11 is 11.3. The fourth-order valence-electron chi connectivity index (χ4n) is 1.83. The van der Waals surface area contributed by atoms with Crippen molar-refractivity contribution in [3.63, 3.8) is 0 Å². The average Bonchev–Trinajstić information content (AvgIpc) is 2.44. The molecule has 2 rings (SSSR count). The lowest BCUT2D eigenvalue weighted by Gasteiger charge is -2.11. The van der Waals surface area contributed by atoms with Gasteiger partial charge in [-0.15, -0.1) is 0 Å². The summed E-state index contributed by atoms with van der Waals surface area (Å²) in [6.07, 6.45) is 1.92. The summed E-state index contributed by atoms with van der Waals surface area (Å²) in [7, 11) is 0. The molecule has 0 aromatic heterocycles. The molecule has 0 amide bonds. The van der Waals surface area contributed by atoms with E-state index in [2.05, 4.69) is 41.1 Å².